The van der Waals surface area contributed by atoms with Crippen LogP contribution in [0.3, 0.4) is 0 Å². The van der Waals surface area contributed by atoms with Gasteiger partial charge in [0.1, 0.15) is 0 Å². The van der Waals surface area contributed by atoms with Crippen molar-refractivity contribution in [1.82, 2.24) is 0 Å². The topological polar surface area (TPSA) is 6.48 Å². The molecule has 0 spiro atoms. The molecule has 4 heteroatoms. The molecule has 0 bridgehead atoms. The number of benzene rings is 13. The second kappa shape index (κ2) is 16.9. The lowest BCUT2D eigenvalue weighted by Gasteiger charge is -2.26. The molecule has 2 nitrogen and oxygen atoms in total. The first kappa shape index (κ1) is 42.8. The monoisotopic (exact) mass is 978 g/mol. The van der Waals surface area contributed by atoms with Gasteiger partial charge in [-0.15, -0.1) is 22.7 Å². The van der Waals surface area contributed by atoms with Crippen LogP contribution in [0, 0.1) is 13.8 Å². The van der Waals surface area contributed by atoms with E-state index in [0.29, 0.717) is 0 Å². The summed E-state index contributed by atoms with van der Waals surface area (Å²) in [6.07, 6.45) is 0. The molecule has 0 unspecified atom stereocenters. The lowest BCUT2D eigenvalue weighted by Crippen LogP contribution is -2.09. The lowest BCUT2D eigenvalue weighted by molar-refractivity contribution is 1.29. The van der Waals surface area contributed by atoms with Crippen LogP contribution in [0.4, 0.5) is 34.1 Å². The van der Waals surface area contributed by atoms with Crippen LogP contribution in [-0.4, -0.2) is 0 Å². The van der Waals surface area contributed by atoms with Crippen LogP contribution < -0.4 is 9.80 Å². The Morgan fingerprint density at radius 2 is 0.568 bits per heavy atom. The third-order valence-electron chi connectivity index (χ3n) is 15.4. The van der Waals surface area contributed by atoms with Crippen molar-refractivity contribution >= 4 is 140 Å². The first-order valence-corrected chi connectivity index (χ1v) is 27.0. The van der Waals surface area contributed by atoms with E-state index in [1.807, 2.05) is 22.7 Å². The third kappa shape index (κ3) is 6.69. The van der Waals surface area contributed by atoms with Crippen LogP contribution >= 0.6 is 22.7 Å². The molecule has 0 saturated heterocycles. The largest absolute Gasteiger partial charge is 0.310 e. The van der Waals surface area contributed by atoms with Gasteiger partial charge in [-0.25, -0.2) is 0 Å². The zero-order chi connectivity index (χ0) is 49.0. The Bertz CT molecular complexity index is 4370. The second-order valence-corrected chi connectivity index (χ2v) is 21.8. The highest BCUT2D eigenvalue weighted by Gasteiger charge is 2.23. The molecule has 13 aromatic carbocycles. The molecule has 0 atom stereocenters. The van der Waals surface area contributed by atoms with Crippen molar-refractivity contribution in [2.24, 2.45) is 0 Å². The Morgan fingerprint density at radius 3 is 0.986 bits per heavy atom. The molecule has 0 aliphatic rings. The van der Waals surface area contributed by atoms with Crippen molar-refractivity contribution in [3.05, 3.63) is 254 Å². The first-order valence-electron chi connectivity index (χ1n) is 25.4. The molecule has 0 aliphatic carbocycles. The minimum Gasteiger partial charge on any atom is -0.310 e. The Balaban J connectivity index is 0.873. The van der Waals surface area contributed by atoms with Crippen LogP contribution in [0.5, 0.6) is 0 Å². The maximum Gasteiger partial charge on any atom is 0.0476 e. The number of hydrogen-bond donors (Lipinski definition) is 0. The molecule has 15 rings (SSSR count). The van der Waals surface area contributed by atoms with Gasteiger partial charge in [-0.3, -0.25) is 0 Å². The molecule has 348 valence electrons. The number of para-hydroxylation sites is 2. The van der Waals surface area contributed by atoms with Crippen LogP contribution in [-0.2, 0) is 0 Å². The van der Waals surface area contributed by atoms with Gasteiger partial charge in [0.05, 0.1) is 0 Å². The standard InChI is InChI=1S/C70H46N2S2/c1-43-39-61(45-25-29-49(30-26-45)71(47-15-5-3-6-16-47)51-33-35-57-55-19-11-13-23-63(55)73-65(57)41-51)67-59-21-9-10-22-60(59)68-62(40-44(2)54-38-37-53(43)69(67)70(54)68)46-27-31-50(32-28-46)72(48-17-7-4-8-18-48)52-34-36-58-56-20-12-14-24-64(56)74-66(58)42-52/h3-42H,1-2H3. The van der Waals surface area contributed by atoms with Gasteiger partial charge in [0, 0.05) is 74.5 Å². The van der Waals surface area contributed by atoms with Crippen molar-refractivity contribution in [3.8, 4) is 22.3 Å². The molecule has 2 aromatic heterocycles. The van der Waals surface area contributed by atoms with Crippen LogP contribution in [0.15, 0.2) is 243 Å². The molecule has 0 saturated carbocycles. The highest BCUT2D eigenvalue weighted by molar-refractivity contribution is 7.26. The van der Waals surface area contributed by atoms with E-state index in [4.69, 9.17) is 0 Å². The Labute approximate surface area is 437 Å². The number of hydrogen-bond acceptors (Lipinski definition) is 4. The van der Waals surface area contributed by atoms with Crippen LogP contribution in [0.1, 0.15) is 11.1 Å². The minimum absolute atomic E-state index is 1.12. The molecule has 0 N–H and O–H groups in total. The fourth-order valence-electron chi connectivity index (χ4n) is 12.1. The van der Waals surface area contributed by atoms with Gasteiger partial charge in [-0.1, -0.05) is 158 Å². The molecule has 0 fully saturated rings. The van der Waals surface area contributed by atoms with Crippen molar-refractivity contribution in [1.29, 1.82) is 0 Å². The molecular formula is C70H46N2S2. The Hall–Kier alpha value is -8.80. The van der Waals surface area contributed by atoms with E-state index in [2.05, 4.69) is 266 Å². The summed E-state index contributed by atoms with van der Waals surface area (Å²) in [5.41, 5.74) is 14.3. The highest BCUT2D eigenvalue weighted by atomic mass is 32.1. The number of anilines is 6. The number of nitrogens with zero attached hydrogens (tertiary/aromatic N) is 2. The summed E-state index contributed by atoms with van der Waals surface area (Å²) < 4.78 is 5.21. The second-order valence-electron chi connectivity index (χ2n) is 19.7. The highest BCUT2D eigenvalue weighted by Crippen LogP contribution is 2.50. The van der Waals surface area contributed by atoms with E-state index in [9.17, 15) is 0 Å². The Morgan fingerprint density at radius 1 is 0.243 bits per heavy atom. The molecule has 0 amide bonds. The van der Waals surface area contributed by atoms with Gasteiger partial charge in [-0.2, -0.15) is 0 Å². The summed E-state index contributed by atoms with van der Waals surface area (Å²) in [6.45, 7) is 4.58. The number of thiophene rings is 2. The molecular weight excluding hydrogens is 933 g/mol. The predicted octanol–water partition coefficient (Wildman–Crippen LogP) is 21.4. The van der Waals surface area contributed by atoms with Gasteiger partial charge in [0.15, 0.2) is 0 Å². The normalized spacial score (nSPS) is 11.9. The summed E-state index contributed by atoms with van der Waals surface area (Å²) in [5.74, 6) is 0. The van der Waals surface area contributed by atoms with Gasteiger partial charge >= 0.3 is 0 Å². The average Bonchev–Trinajstić information content (AvgIpc) is 4.03. The molecule has 74 heavy (non-hydrogen) atoms. The number of rotatable bonds is 8. The fraction of sp³-hybridized carbons (Fsp3) is 0.0286. The SMILES string of the molecule is Cc1cc(-c2ccc(N(c3ccccc3)c3ccc4c(c3)sc3ccccc34)cc2)c2c3ccccc3c3c(-c4ccc(N(c5ccccc5)c5ccc6c(c5)sc5ccccc56)cc4)cc(C)c4ccc1c2c43. The molecule has 0 radical (unpaired) electrons. The van der Waals surface area contributed by atoms with E-state index in [0.717, 1.165) is 34.1 Å². The summed E-state index contributed by atoms with van der Waals surface area (Å²) >= 11 is 3.72. The van der Waals surface area contributed by atoms with Crippen molar-refractivity contribution < 1.29 is 0 Å². The van der Waals surface area contributed by atoms with Gasteiger partial charge < -0.3 is 9.80 Å². The fourth-order valence-corrected chi connectivity index (χ4v) is 14.3. The zero-order valence-corrected chi connectivity index (χ0v) is 42.4. The van der Waals surface area contributed by atoms with Crippen LogP contribution in [0.2, 0.25) is 0 Å². The predicted molar refractivity (Wildman–Crippen MR) is 323 cm³/mol. The van der Waals surface area contributed by atoms with Crippen molar-refractivity contribution in [2.45, 2.75) is 13.8 Å². The molecule has 2 heterocycles. The van der Waals surface area contributed by atoms with Crippen molar-refractivity contribution in [2.75, 3.05) is 9.80 Å². The zero-order valence-electron chi connectivity index (χ0n) is 40.8. The average molecular weight is 979 g/mol. The van der Waals surface area contributed by atoms with Gasteiger partial charge in [0.2, 0.25) is 0 Å². The molecule has 0 aliphatic heterocycles. The molecule has 15 aromatic rings. The van der Waals surface area contributed by atoms with E-state index in [-0.39, 0.29) is 0 Å². The maximum absolute atomic E-state index is 2.43. The minimum atomic E-state index is 1.12. The summed E-state index contributed by atoms with van der Waals surface area (Å²) in [6, 6.07) is 90.1. The number of fused-ring (bicyclic) bond motifs is 9. The summed E-state index contributed by atoms with van der Waals surface area (Å²) in [7, 11) is 0. The van der Waals surface area contributed by atoms with Gasteiger partial charge in [-0.05, 0) is 175 Å². The van der Waals surface area contributed by atoms with E-state index < -0.39 is 0 Å². The number of aryl methyl sites for hydroxylation is 2. The van der Waals surface area contributed by atoms with Gasteiger partial charge in [0.25, 0.3) is 0 Å². The van der Waals surface area contributed by atoms with E-state index in [1.54, 1.807) is 0 Å². The maximum atomic E-state index is 2.43. The smallest absolute Gasteiger partial charge is 0.0476 e. The van der Waals surface area contributed by atoms with E-state index >= 15 is 0 Å². The summed E-state index contributed by atoms with van der Waals surface area (Å²) in [4.78, 5) is 4.78. The van der Waals surface area contributed by atoms with Crippen molar-refractivity contribution in [3.63, 3.8) is 0 Å². The lowest BCUT2D eigenvalue weighted by atomic mass is 9.81. The third-order valence-corrected chi connectivity index (χ3v) is 17.7. The van der Waals surface area contributed by atoms with E-state index in [1.165, 1.54) is 117 Å². The van der Waals surface area contributed by atoms with Crippen LogP contribution in [0.25, 0.3) is 106 Å². The quantitative estimate of drug-likeness (QED) is 0.111. The Kier molecular flexibility index (Phi) is 9.78. The first-order chi connectivity index (χ1) is 36.5. The summed E-state index contributed by atoms with van der Waals surface area (Å²) in [5, 5.41) is 15.7.